The largest absolute Gasteiger partial charge is 0.473 e. The predicted octanol–water partition coefficient (Wildman–Crippen LogP) is 0.769. The molecule has 3 N–H and O–H groups in total. The Hall–Kier alpha value is -2.04. The van der Waals surface area contributed by atoms with Gasteiger partial charge in [0, 0.05) is 30.6 Å². The molecule has 0 aromatic carbocycles. The Morgan fingerprint density at radius 1 is 1.27 bits per heavy atom. The van der Waals surface area contributed by atoms with Gasteiger partial charge in [-0.25, -0.2) is 9.59 Å². The van der Waals surface area contributed by atoms with E-state index in [1.807, 2.05) is 6.07 Å². The number of aliphatic carboxylic acids is 2. The smallest absolute Gasteiger partial charge is 0.414 e. The van der Waals surface area contributed by atoms with Crippen LogP contribution in [0.4, 0.5) is 5.00 Å². The van der Waals surface area contributed by atoms with Gasteiger partial charge in [-0.1, -0.05) is 11.3 Å². The fourth-order valence-electron chi connectivity index (χ4n) is 1.85. The summed E-state index contributed by atoms with van der Waals surface area (Å²) in [5, 5.41) is 34.9. The van der Waals surface area contributed by atoms with Gasteiger partial charge in [0.15, 0.2) is 0 Å². The van der Waals surface area contributed by atoms with Crippen LogP contribution in [0.25, 0.3) is 0 Å². The first-order valence-electron chi connectivity index (χ1n) is 6.39. The Labute approximate surface area is 129 Å². The molecule has 0 atom stereocenters. The third-order valence-electron chi connectivity index (χ3n) is 2.95. The topological polar surface area (TPSA) is 141 Å². The molecule has 0 unspecified atom stereocenters. The molecular formula is C12H16N2O7S. The number of thiophene rings is 1. The molecule has 1 aliphatic heterocycles. The number of aliphatic hydroxyl groups is 1. The fraction of sp³-hybridized carbons (Fsp3) is 0.500. The van der Waals surface area contributed by atoms with Crippen molar-refractivity contribution in [1.29, 1.82) is 0 Å². The Morgan fingerprint density at radius 3 is 2.23 bits per heavy atom. The molecular weight excluding hydrogens is 316 g/mol. The van der Waals surface area contributed by atoms with E-state index < -0.39 is 11.9 Å². The van der Waals surface area contributed by atoms with Crippen molar-refractivity contribution in [3.63, 3.8) is 0 Å². The van der Waals surface area contributed by atoms with Crippen LogP contribution in [0.1, 0.15) is 17.7 Å². The summed E-state index contributed by atoms with van der Waals surface area (Å²) < 4.78 is 0. The quantitative estimate of drug-likeness (QED) is 0.418. The maximum atomic E-state index is 10.5. The number of rotatable bonds is 3. The van der Waals surface area contributed by atoms with Crippen molar-refractivity contribution in [3.8, 4) is 0 Å². The number of carbonyl (C=O) groups is 2. The molecule has 2 rings (SSSR count). The Morgan fingerprint density at radius 2 is 1.82 bits per heavy atom. The minimum atomic E-state index is -1.82. The van der Waals surface area contributed by atoms with Gasteiger partial charge in [-0.15, -0.1) is 0 Å². The van der Waals surface area contributed by atoms with Crippen molar-refractivity contribution in [1.82, 2.24) is 4.90 Å². The lowest BCUT2D eigenvalue weighted by Gasteiger charge is -2.28. The molecule has 0 saturated carbocycles. The number of carboxylic acid groups (broad SMARTS) is 2. The summed E-state index contributed by atoms with van der Waals surface area (Å²) in [5.74, 6) is -3.65. The number of likely N-dealkylation sites (tertiary alicyclic amines) is 1. The van der Waals surface area contributed by atoms with Crippen molar-refractivity contribution in [3.05, 3.63) is 27.1 Å². The van der Waals surface area contributed by atoms with E-state index in [1.54, 1.807) is 6.07 Å². The molecule has 1 aromatic heterocycles. The summed E-state index contributed by atoms with van der Waals surface area (Å²) in [6.07, 6.45) is 1.43. The van der Waals surface area contributed by atoms with Crippen LogP contribution in [-0.4, -0.2) is 56.3 Å². The third-order valence-corrected chi connectivity index (χ3v) is 3.97. The highest BCUT2D eigenvalue weighted by Gasteiger charge is 2.18. The molecule has 1 fully saturated rings. The van der Waals surface area contributed by atoms with Crippen LogP contribution in [0.5, 0.6) is 0 Å². The van der Waals surface area contributed by atoms with Crippen molar-refractivity contribution in [2.75, 3.05) is 13.1 Å². The number of carboxylic acids is 2. The SMILES string of the molecule is O=C(O)C(=O)O.O=[N+]([O-])c1ccc(CN2CCC(O)CC2)s1. The average Bonchev–Trinajstić information content (AvgIpc) is 2.91. The molecule has 122 valence electrons. The Kier molecular flexibility index (Phi) is 6.89. The van der Waals surface area contributed by atoms with Gasteiger partial charge >= 0.3 is 16.9 Å². The van der Waals surface area contributed by atoms with E-state index in [9.17, 15) is 15.2 Å². The number of hydrogen-bond donors (Lipinski definition) is 3. The average molecular weight is 332 g/mol. The molecule has 9 nitrogen and oxygen atoms in total. The van der Waals surface area contributed by atoms with Crippen molar-refractivity contribution >= 4 is 28.3 Å². The van der Waals surface area contributed by atoms with Gasteiger partial charge in [0.1, 0.15) is 0 Å². The molecule has 0 spiro atoms. The van der Waals surface area contributed by atoms with Crippen LogP contribution < -0.4 is 0 Å². The van der Waals surface area contributed by atoms with E-state index in [0.29, 0.717) is 0 Å². The van der Waals surface area contributed by atoms with Crippen LogP contribution >= 0.6 is 11.3 Å². The summed E-state index contributed by atoms with van der Waals surface area (Å²) in [5.41, 5.74) is 0. The molecule has 1 aliphatic rings. The van der Waals surface area contributed by atoms with Crippen LogP contribution in [0.2, 0.25) is 0 Å². The number of hydrogen-bond acceptors (Lipinski definition) is 7. The zero-order valence-electron chi connectivity index (χ0n) is 11.5. The Balaban J connectivity index is 0.000000346. The second-order valence-corrected chi connectivity index (χ2v) is 5.76. The van der Waals surface area contributed by atoms with Crippen molar-refractivity contribution in [2.45, 2.75) is 25.5 Å². The van der Waals surface area contributed by atoms with Crippen LogP contribution in [0.15, 0.2) is 12.1 Å². The van der Waals surface area contributed by atoms with E-state index >= 15 is 0 Å². The van der Waals surface area contributed by atoms with E-state index in [1.165, 1.54) is 11.3 Å². The van der Waals surface area contributed by atoms with Gasteiger partial charge in [-0.05, 0) is 18.9 Å². The van der Waals surface area contributed by atoms with Gasteiger partial charge in [-0.2, -0.15) is 0 Å². The van der Waals surface area contributed by atoms with Gasteiger partial charge in [0.05, 0.1) is 11.0 Å². The summed E-state index contributed by atoms with van der Waals surface area (Å²) in [4.78, 5) is 31.6. The second kappa shape index (κ2) is 8.41. The zero-order valence-corrected chi connectivity index (χ0v) is 12.4. The summed E-state index contributed by atoms with van der Waals surface area (Å²) in [6, 6.07) is 3.37. The van der Waals surface area contributed by atoms with Gasteiger partial charge in [0.25, 0.3) is 0 Å². The molecule has 0 bridgehead atoms. The van der Waals surface area contributed by atoms with Gasteiger partial charge in [0.2, 0.25) is 0 Å². The van der Waals surface area contributed by atoms with Crippen molar-refractivity contribution < 1.29 is 29.8 Å². The lowest BCUT2D eigenvalue weighted by molar-refractivity contribution is -0.380. The predicted molar refractivity (Wildman–Crippen MR) is 76.8 cm³/mol. The lowest BCUT2D eigenvalue weighted by atomic mass is 10.1. The van der Waals surface area contributed by atoms with E-state index in [0.717, 1.165) is 37.4 Å². The molecule has 22 heavy (non-hydrogen) atoms. The monoisotopic (exact) mass is 332 g/mol. The molecule has 0 radical (unpaired) electrons. The van der Waals surface area contributed by atoms with E-state index in [-0.39, 0.29) is 16.0 Å². The fourth-order valence-corrected chi connectivity index (χ4v) is 2.71. The normalized spacial score (nSPS) is 15.7. The molecule has 10 heteroatoms. The van der Waals surface area contributed by atoms with Gasteiger partial charge in [-0.3, -0.25) is 15.0 Å². The first-order chi connectivity index (χ1) is 10.3. The standard InChI is InChI=1S/C10H14N2O3S.C2H2O4/c13-8-3-5-11(6-4-8)7-9-1-2-10(16-9)12(14)15;3-1(4)2(5)6/h1-2,8,13H,3-7H2;(H,3,4)(H,5,6). The van der Waals surface area contributed by atoms with E-state index in [2.05, 4.69) is 4.90 Å². The van der Waals surface area contributed by atoms with Crippen LogP contribution in [0, 0.1) is 10.1 Å². The second-order valence-electron chi connectivity index (χ2n) is 4.61. The Bertz CT molecular complexity index is 525. The first kappa shape index (κ1) is 18.0. The molecule has 1 aromatic rings. The number of aliphatic hydroxyl groups excluding tert-OH is 1. The minimum absolute atomic E-state index is 0.172. The molecule has 0 aliphatic carbocycles. The summed E-state index contributed by atoms with van der Waals surface area (Å²) in [6.45, 7) is 2.49. The molecule has 1 saturated heterocycles. The highest BCUT2D eigenvalue weighted by Crippen LogP contribution is 2.25. The highest BCUT2D eigenvalue weighted by atomic mass is 32.1. The summed E-state index contributed by atoms with van der Waals surface area (Å²) in [7, 11) is 0. The zero-order chi connectivity index (χ0) is 16.7. The van der Waals surface area contributed by atoms with Crippen molar-refractivity contribution in [2.24, 2.45) is 0 Å². The molecule has 2 heterocycles. The highest BCUT2D eigenvalue weighted by molar-refractivity contribution is 7.15. The van der Waals surface area contributed by atoms with E-state index in [4.69, 9.17) is 19.8 Å². The molecule has 0 amide bonds. The minimum Gasteiger partial charge on any atom is -0.473 e. The number of nitrogens with zero attached hydrogens (tertiary/aromatic N) is 2. The first-order valence-corrected chi connectivity index (χ1v) is 7.21. The van der Waals surface area contributed by atoms with Crippen LogP contribution in [0.3, 0.4) is 0 Å². The third kappa shape index (κ3) is 6.16. The number of piperidine rings is 1. The number of nitro groups is 1. The summed E-state index contributed by atoms with van der Waals surface area (Å²) >= 11 is 1.23. The van der Waals surface area contributed by atoms with Gasteiger partial charge < -0.3 is 15.3 Å². The maximum absolute atomic E-state index is 10.5. The maximum Gasteiger partial charge on any atom is 0.414 e. The lowest BCUT2D eigenvalue weighted by Crippen LogP contribution is -2.35. The van der Waals surface area contributed by atoms with Crippen LogP contribution in [-0.2, 0) is 16.1 Å².